The molecule has 1 amide bonds. The highest BCUT2D eigenvalue weighted by atomic mass is 16.1. The molecular weight excluding hydrogens is 372 g/mol. The molecule has 2 N–H and O–H groups in total. The van der Waals surface area contributed by atoms with Crippen LogP contribution in [0.5, 0.6) is 0 Å². The second kappa shape index (κ2) is 9.25. The number of nitrogens with zero attached hydrogens (tertiary/aromatic N) is 2. The van der Waals surface area contributed by atoms with Gasteiger partial charge in [0.05, 0.1) is 37.8 Å². The molecule has 0 atom stereocenters. The number of rotatable bonds is 5. The van der Waals surface area contributed by atoms with Crippen molar-refractivity contribution in [2.45, 2.75) is 6.54 Å². The van der Waals surface area contributed by atoms with Gasteiger partial charge >= 0.3 is 0 Å². The summed E-state index contributed by atoms with van der Waals surface area (Å²) in [6, 6.07) is 27.4. The van der Waals surface area contributed by atoms with E-state index in [9.17, 15) is 4.79 Å². The first kappa shape index (κ1) is 19.7. The quantitative estimate of drug-likeness (QED) is 0.696. The minimum atomic E-state index is -0.176. The molecule has 0 radical (unpaired) electrons. The van der Waals surface area contributed by atoms with Crippen LogP contribution in [0.25, 0.3) is 0 Å². The third-order valence-corrected chi connectivity index (χ3v) is 5.53. The Morgan fingerprint density at radius 1 is 0.933 bits per heavy atom. The number of anilines is 2. The third-order valence-electron chi connectivity index (χ3n) is 5.53. The summed E-state index contributed by atoms with van der Waals surface area (Å²) in [7, 11) is 0. The van der Waals surface area contributed by atoms with Gasteiger partial charge in [0.1, 0.15) is 6.54 Å². The van der Waals surface area contributed by atoms with Crippen LogP contribution in [0.15, 0.2) is 78.9 Å². The van der Waals surface area contributed by atoms with Crippen LogP contribution in [0.1, 0.15) is 21.5 Å². The molecule has 0 spiro atoms. The number of carbonyl (C=O) groups excluding carboxylic acids is 1. The number of hydrogen-bond donors (Lipinski definition) is 2. The smallest absolute Gasteiger partial charge is 0.255 e. The fourth-order valence-electron chi connectivity index (χ4n) is 3.80. The molecule has 0 aliphatic carbocycles. The molecule has 4 rings (SSSR count). The molecular formula is C25H25N4O+. The fraction of sp³-hybridized carbons (Fsp3) is 0.200. The standard InChI is InChI=1S/C25H24N4O/c26-18-20-6-8-22(9-7-20)25(30)27-23-10-12-24(13-11-23)29-16-14-28(15-17-29)19-21-4-2-1-3-5-21/h1-13H,14-17,19H2,(H,27,30)/p+1. The second-order valence-electron chi connectivity index (χ2n) is 7.59. The van der Waals surface area contributed by atoms with Gasteiger partial charge in [-0.15, -0.1) is 0 Å². The van der Waals surface area contributed by atoms with E-state index >= 15 is 0 Å². The van der Waals surface area contributed by atoms with Gasteiger partial charge in [0, 0.05) is 22.5 Å². The van der Waals surface area contributed by atoms with Gasteiger partial charge in [-0.1, -0.05) is 30.3 Å². The number of amides is 1. The molecule has 0 saturated carbocycles. The Kier molecular flexibility index (Phi) is 6.07. The van der Waals surface area contributed by atoms with Gasteiger partial charge < -0.3 is 15.1 Å². The first-order valence-electron chi connectivity index (χ1n) is 10.3. The molecule has 1 saturated heterocycles. The zero-order chi connectivity index (χ0) is 20.8. The number of piperazine rings is 1. The lowest BCUT2D eigenvalue weighted by molar-refractivity contribution is -0.914. The van der Waals surface area contributed by atoms with E-state index in [1.54, 1.807) is 29.2 Å². The lowest BCUT2D eigenvalue weighted by Gasteiger charge is -2.33. The number of nitriles is 1. The molecule has 0 aromatic heterocycles. The summed E-state index contributed by atoms with van der Waals surface area (Å²) in [5.74, 6) is -0.176. The lowest BCUT2D eigenvalue weighted by Crippen LogP contribution is -3.13. The summed E-state index contributed by atoms with van der Waals surface area (Å²) < 4.78 is 0. The van der Waals surface area contributed by atoms with Gasteiger partial charge in [0.25, 0.3) is 5.91 Å². The van der Waals surface area contributed by atoms with Crippen LogP contribution in [-0.4, -0.2) is 32.1 Å². The zero-order valence-electron chi connectivity index (χ0n) is 16.8. The lowest BCUT2D eigenvalue weighted by atomic mass is 10.1. The Labute approximate surface area is 177 Å². The van der Waals surface area contributed by atoms with Crippen molar-refractivity contribution < 1.29 is 9.69 Å². The first-order valence-corrected chi connectivity index (χ1v) is 10.3. The van der Waals surface area contributed by atoms with Crippen LogP contribution in [0.2, 0.25) is 0 Å². The molecule has 0 unspecified atom stereocenters. The van der Waals surface area contributed by atoms with E-state index in [2.05, 4.69) is 58.8 Å². The van der Waals surface area contributed by atoms with E-state index < -0.39 is 0 Å². The van der Waals surface area contributed by atoms with Crippen molar-refractivity contribution in [3.8, 4) is 6.07 Å². The molecule has 1 fully saturated rings. The minimum absolute atomic E-state index is 0.176. The maximum Gasteiger partial charge on any atom is 0.255 e. The molecule has 5 nitrogen and oxygen atoms in total. The number of quaternary nitrogens is 1. The molecule has 0 bridgehead atoms. The van der Waals surface area contributed by atoms with Gasteiger partial charge in [-0.3, -0.25) is 4.79 Å². The summed E-state index contributed by atoms with van der Waals surface area (Å²) in [5, 5.41) is 11.8. The van der Waals surface area contributed by atoms with Crippen LogP contribution in [0.4, 0.5) is 11.4 Å². The van der Waals surface area contributed by atoms with E-state index in [-0.39, 0.29) is 5.91 Å². The van der Waals surface area contributed by atoms with Crippen molar-refractivity contribution in [2.75, 3.05) is 36.4 Å². The SMILES string of the molecule is N#Cc1ccc(C(=O)Nc2ccc(N3CC[NH+](Cc4ccccc4)CC3)cc2)cc1. The first-order chi connectivity index (χ1) is 14.7. The zero-order valence-corrected chi connectivity index (χ0v) is 16.8. The fourth-order valence-corrected chi connectivity index (χ4v) is 3.80. The highest BCUT2D eigenvalue weighted by Crippen LogP contribution is 2.19. The summed E-state index contributed by atoms with van der Waals surface area (Å²) in [4.78, 5) is 16.4. The monoisotopic (exact) mass is 397 g/mol. The van der Waals surface area contributed by atoms with E-state index in [0.29, 0.717) is 11.1 Å². The Hall–Kier alpha value is -3.62. The maximum atomic E-state index is 12.4. The van der Waals surface area contributed by atoms with Crippen molar-refractivity contribution >= 4 is 17.3 Å². The number of hydrogen-bond acceptors (Lipinski definition) is 3. The molecule has 150 valence electrons. The van der Waals surface area contributed by atoms with Crippen molar-refractivity contribution in [2.24, 2.45) is 0 Å². The maximum absolute atomic E-state index is 12.4. The van der Waals surface area contributed by atoms with Gasteiger partial charge in [-0.05, 0) is 48.5 Å². The molecule has 1 aliphatic rings. The summed E-state index contributed by atoms with van der Waals surface area (Å²) in [6.45, 7) is 5.37. The topological polar surface area (TPSA) is 60.6 Å². The summed E-state index contributed by atoms with van der Waals surface area (Å²) in [6.07, 6.45) is 0. The predicted octanol–water partition coefficient (Wildman–Crippen LogP) is 2.72. The van der Waals surface area contributed by atoms with E-state index in [0.717, 1.165) is 38.4 Å². The molecule has 30 heavy (non-hydrogen) atoms. The molecule has 1 aliphatic heterocycles. The highest BCUT2D eigenvalue weighted by Gasteiger charge is 2.20. The van der Waals surface area contributed by atoms with E-state index in [4.69, 9.17) is 5.26 Å². The Morgan fingerprint density at radius 2 is 1.60 bits per heavy atom. The van der Waals surface area contributed by atoms with Crippen LogP contribution in [0.3, 0.4) is 0 Å². The van der Waals surface area contributed by atoms with Crippen molar-refractivity contribution in [1.29, 1.82) is 5.26 Å². The largest absolute Gasteiger partial charge is 0.360 e. The summed E-state index contributed by atoms with van der Waals surface area (Å²) in [5.41, 5.74) is 4.42. The van der Waals surface area contributed by atoms with E-state index in [1.165, 1.54) is 11.3 Å². The third kappa shape index (κ3) is 4.86. The normalized spacial score (nSPS) is 14.2. The van der Waals surface area contributed by atoms with Crippen LogP contribution in [0, 0.1) is 11.3 Å². The van der Waals surface area contributed by atoms with Crippen molar-refractivity contribution in [3.05, 3.63) is 95.6 Å². The number of nitrogens with one attached hydrogen (secondary N) is 2. The van der Waals surface area contributed by atoms with Crippen molar-refractivity contribution in [1.82, 2.24) is 0 Å². The molecule has 3 aromatic rings. The predicted molar refractivity (Wildman–Crippen MR) is 119 cm³/mol. The average Bonchev–Trinajstić information content (AvgIpc) is 2.81. The Morgan fingerprint density at radius 3 is 2.23 bits per heavy atom. The minimum Gasteiger partial charge on any atom is -0.360 e. The van der Waals surface area contributed by atoms with Crippen LogP contribution < -0.4 is 15.1 Å². The van der Waals surface area contributed by atoms with Gasteiger partial charge in [0.2, 0.25) is 0 Å². The van der Waals surface area contributed by atoms with Crippen molar-refractivity contribution in [3.63, 3.8) is 0 Å². The Balaban J connectivity index is 1.30. The second-order valence-corrected chi connectivity index (χ2v) is 7.59. The van der Waals surface area contributed by atoms with Crippen LogP contribution in [-0.2, 0) is 6.54 Å². The summed E-state index contributed by atoms with van der Waals surface area (Å²) >= 11 is 0. The average molecular weight is 398 g/mol. The van der Waals surface area contributed by atoms with Crippen LogP contribution >= 0.6 is 0 Å². The van der Waals surface area contributed by atoms with Gasteiger partial charge in [-0.2, -0.15) is 5.26 Å². The van der Waals surface area contributed by atoms with Gasteiger partial charge in [0.15, 0.2) is 0 Å². The Bertz CT molecular complexity index is 1020. The number of carbonyl (C=O) groups is 1. The molecule has 3 aromatic carbocycles. The highest BCUT2D eigenvalue weighted by molar-refractivity contribution is 6.04. The number of benzene rings is 3. The molecule has 1 heterocycles. The van der Waals surface area contributed by atoms with E-state index in [1.807, 2.05) is 12.1 Å². The van der Waals surface area contributed by atoms with Gasteiger partial charge in [-0.25, -0.2) is 0 Å². The molecule has 5 heteroatoms.